The first-order valence-electron chi connectivity index (χ1n) is 10.0. The Morgan fingerprint density at radius 3 is 2.56 bits per heavy atom. The minimum atomic E-state index is -0.272. The quantitative estimate of drug-likeness (QED) is 0.799. The molecule has 1 saturated carbocycles. The van der Waals surface area contributed by atoms with Crippen LogP contribution in [0.1, 0.15) is 32.1 Å². The average Bonchev–Trinajstić information content (AvgIpc) is 2.69. The van der Waals surface area contributed by atoms with E-state index in [-0.39, 0.29) is 17.9 Å². The summed E-state index contributed by atoms with van der Waals surface area (Å²) in [6, 6.07) is 8.28. The molecule has 7 heteroatoms. The molecule has 2 heterocycles. The molecule has 4 rings (SSSR count). The average molecular weight is 392 g/mol. The fraction of sp³-hybridized carbons (Fsp3) is 0.600. The highest BCUT2D eigenvalue weighted by atomic mass is 35.5. The van der Waals surface area contributed by atoms with E-state index in [4.69, 9.17) is 11.6 Å². The molecule has 3 fully saturated rings. The number of fused-ring (bicyclic) bond motifs is 1. The number of piperazine rings is 2. The van der Waals surface area contributed by atoms with E-state index in [0.29, 0.717) is 31.6 Å². The monoisotopic (exact) mass is 391 g/mol. The maximum absolute atomic E-state index is 12.7. The predicted molar refractivity (Wildman–Crippen MR) is 105 cm³/mol. The molecular formula is C20H28ClN4O2+. The van der Waals surface area contributed by atoms with Crippen LogP contribution < -0.4 is 15.5 Å². The highest BCUT2D eigenvalue weighted by Crippen LogP contribution is 2.21. The molecule has 1 aliphatic carbocycles. The Morgan fingerprint density at radius 1 is 1.11 bits per heavy atom. The predicted octanol–water partition coefficient (Wildman–Crippen LogP) is 0.752. The van der Waals surface area contributed by atoms with Crippen LogP contribution in [0.5, 0.6) is 0 Å². The summed E-state index contributed by atoms with van der Waals surface area (Å²) in [5.41, 5.74) is 1.13. The summed E-state index contributed by atoms with van der Waals surface area (Å²) in [6.45, 7) is 3.00. The smallest absolute Gasteiger partial charge is 0.279 e. The van der Waals surface area contributed by atoms with Gasteiger partial charge in [0.15, 0.2) is 6.04 Å². The van der Waals surface area contributed by atoms with Gasteiger partial charge in [0.1, 0.15) is 6.04 Å². The van der Waals surface area contributed by atoms with Gasteiger partial charge in [-0.3, -0.25) is 9.59 Å². The molecule has 0 spiro atoms. The van der Waals surface area contributed by atoms with Crippen molar-refractivity contribution >= 4 is 29.1 Å². The second-order valence-corrected chi connectivity index (χ2v) is 8.35. The number of nitrogens with two attached hydrogens (primary N) is 1. The Morgan fingerprint density at radius 2 is 1.81 bits per heavy atom. The van der Waals surface area contributed by atoms with Crippen LogP contribution in [-0.4, -0.2) is 61.0 Å². The number of benzene rings is 1. The SMILES string of the molecule is O=C1N[C@H]2CCCC[C@H]2[NH2+][C@H]1CC(=O)N1CCN(c2ccc(Cl)cc2)CC1. The number of hydrogen-bond donors (Lipinski definition) is 2. The van der Waals surface area contributed by atoms with E-state index < -0.39 is 0 Å². The largest absolute Gasteiger partial charge is 0.368 e. The number of nitrogens with zero attached hydrogens (tertiary/aromatic N) is 2. The zero-order chi connectivity index (χ0) is 18.8. The lowest BCUT2D eigenvalue weighted by atomic mass is 9.87. The van der Waals surface area contributed by atoms with Gasteiger partial charge in [0.05, 0.1) is 12.5 Å². The van der Waals surface area contributed by atoms with Gasteiger partial charge < -0.3 is 20.4 Å². The lowest BCUT2D eigenvalue weighted by Crippen LogP contribution is -3.03. The van der Waals surface area contributed by atoms with Crippen molar-refractivity contribution in [1.29, 1.82) is 0 Å². The zero-order valence-corrected chi connectivity index (χ0v) is 16.3. The number of rotatable bonds is 3. The third-order valence-corrected chi connectivity index (χ3v) is 6.43. The molecule has 2 amide bonds. The van der Waals surface area contributed by atoms with Crippen LogP contribution in [0, 0.1) is 0 Å². The zero-order valence-electron chi connectivity index (χ0n) is 15.6. The van der Waals surface area contributed by atoms with Crippen molar-refractivity contribution in [2.45, 2.75) is 50.2 Å². The Kier molecular flexibility index (Phi) is 5.55. The molecule has 2 aliphatic heterocycles. The summed E-state index contributed by atoms with van der Waals surface area (Å²) in [5.74, 6) is 0.128. The molecule has 146 valence electrons. The van der Waals surface area contributed by atoms with Gasteiger partial charge in [0.2, 0.25) is 5.91 Å². The van der Waals surface area contributed by atoms with E-state index in [1.807, 2.05) is 29.2 Å². The van der Waals surface area contributed by atoms with Gasteiger partial charge in [-0.1, -0.05) is 18.0 Å². The topological polar surface area (TPSA) is 69.3 Å². The second-order valence-electron chi connectivity index (χ2n) is 7.91. The first-order valence-corrected chi connectivity index (χ1v) is 10.4. The Hall–Kier alpha value is -1.79. The molecule has 3 atom stereocenters. The molecular weight excluding hydrogens is 364 g/mol. The summed E-state index contributed by atoms with van der Waals surface area (Å²) in [7, 11) is 0. The highest BCUT2D eigenvalue weighted by molar-refractivity contribution is 6.30. The van der Waals surface area contributed by atoms with Crippen molar-refractivity contribution in [2.75, 3.05) is 31.1 Å². The minimum absolute atomic E-state index is 0.0336. The first kappa shape index (κ1) is 18.6. The number of hydrogen-bond acceptors (Lipinski definition) is 3. The molecule has 0 radical (unpaired) electrons. The van der Waals surface area contributed by atoms with Crippen molar-refractivity contribution in [3.05, 3.63) is 29.3 Å². The molecule has 0 unspecified atom stereocenters. The third-order valence-electron chi connectivity index (χ3n) is 6.18. The standard InChI is InChI=1S/C20H27ClN4O2/c21-14-5-7-15(8-6-14)24-9-11-25(12-10-24)19(26)13-18-20(27)23-17-4-2-1-3-16(17)22-18/h5-8,16-18,22H,1-4,9-13H2,(H,23,27)/p+1/t16-,17+,18+/m1/s1. The van der Waals surface area contributed by atoms with Gasteiger partial charge in [0.25, 0.3) is 5.91 Å². The number of quaternary nitrogens is 1. The number of nitrogens with one attached hydrogen (secondary N) is 1. The minimum Gasteiger partial charge on any atom is -0.368 e. The van der Waals surface area contributed by atoms with E-state index >= 15 is 0 Å². The molecule has 0 aromatic heterocycles. The van der Waals surface area contributed by atoms with Crippen molar-refractivity contribution in [2.24, 2.45) is 0 Å². The molecule has 1 aromatic carbocycles. The lowest BCUT2D eigenvalue weighted by Gasteiger charge is -2.39. The van der Waals surface area contributed by atoms with Gasteiger partial charge in [-0.05, 0) is 37.1 Å². The van der Waals surface area contributed by atoms with E-state index in [1.165, 1.54) is 12.8 Å². The van der Waals surface area contributed by atoms with E-state index in [1.54, 1.807) is 0 Å². The maximum Gasteiger partial charge on any atom is 0.279 e. The number of halogens is 1. The molecule has 6 nitrogen and oxygen atoms in total. The summed E-state index contributed by atoms with van der Waals surface area (Å²) < 4.78 is 0. The number of anilines is 1. The van der Waals surface area contributed by atoms with Crippen molar-refractivity contribution in [3.63, 3.8) is 0 Å². The van der Waals surface area contributed by atoms with Gasteiger partial charge in [0, 0.05) is 43.3 Å². The summed E-state index contributed by atoms with van der Waals surface area (Å²) in [6.07, 6.45) is 4.92. The van der Waals surface area contributed by atoms with Crippen LogP contribution in [0.4, 0.5) is 5.69 Å². The van der Waals surface area contributed by atoms with Crippen LogP contribution in [0.25, 0.3) is 0 Å². The molecule has 27 heavy (non-hydrogen) atoms. The van der Waals surface area contributed by atoms with Gasteiger partial charge >= 0.3 is 0 Å². The Balaban J connectivity index is 1.29. The van der Waals surface area contributed by atoms with E-state index in [2.05, 4.69) is 15.5 Å². The fourth-order valence-corrected chi connectivity index (χ4v) is 4.71. The molecule has 3 N–H and O–H groups in total. The molecule has 2 saturated heterocycles. The third kappa shape index (κ3) is 4.22. The summed E-state index contributed by atoms with van der Waals surface area (Å²) in [4.78, 5) is 29.3. The van der Waals surface area contributed by atoms with E-state index in [9.17, 15) is 9.59 Å². The number of carbonyl (C=O) groups is 2. The van der Waals surface area contributed by atoms with E-state index in [0.717, 1.165) is 36.6 Å². The second kappa shape index (κ2) is 8.07. The summed E-state index contributed by atoms with van der Waals surface area (Å²) in [5, 5.41) is 6.04. The Bertz CT molecular complexity index is 688. The maximum atomic E-state index is 12.7. The molecule has 0 bridgehead atoms. The van der Waals surface area contributed by atoms with Crippen molar-refractivity contribution in [1.82, 2.24) is 10.2 Å². The van der Waals surface area contributed by atoms with Crippen molar-refractivity contribution < 1.29 is 14.9 Å². The highest BCUT2D eigenvalue weighted by Gasteiger charge is 2.41. The lowest BCUT2D eigenvalue weighted by molar-refractivity contribution is -0.718. The van der Waals surface area contributed by atoms with Crippen LogP contribution in [0.3, 0.4) is 0 Å². The van der Waals surface area contributed by atoms with Gasteiger partial charge in [-0.2, -0.15) is 0 Å². The number of amides is 2. The summed E-state index contributed by atoms with van der Waals surface area (Å²) >= 11 is 5.96. The normalized spacial score (nSPS) is 28.5. The van der Waals surface area contributed by atoms with Crippen LogP contribution in [0.2, 0.25) is 5.02 Å². The molecule has 1 aromatic rings. The van der Waals surface area contributed by atoms with Crippen molar-refractivity contribution in [3.8, 4) is 0 Å². The first-order chi connectivity index (χ1) is 13.1. The van der Waals surface area contributed by atoms with Crippen LogP contribution in [-0.2, 0) is 9.59 Å². The molecule has 3 aliphatic rings. The van der Waals surface area contributed by atoms with Crippen LogP contribution >= 0.6 is 11.6 Å². The van der Waals surface area contributed by atoms with Crippen LogP contribution in [0.15, 0.2) is 24.3 Å². The fourth-order valence-electron chi connectivity index (χ4n) is 4.59. The van der Waals surface area contributed by atoms with Gasteiger partial charge in [-0.15, -0.1) is 0 Å². The van der Waals surface area contributed by atoms with Gasteiger partial charge in [-0.25, -0.2) is 0 Å². The number of carbonyl (C=O) groups excluding carboxylic acids is 2. The Labute approximate surface area is 165 Å².